The minimum Gasteiger partial charge on any atom is -0.467 e. The van der Waals surface area contributed by atoms with Crippen molar-refractivity contribution < 1.29 is 18.7 Å². The summed E-state index contributed by atoms with van der Waals surface area (Å²) in [5.41, 5.74) is 3.09. The van der Waals surface area contributed by atoms with Crippen LogP contribution in [0.1, 0.15) is 40.2 Å². The van der Waals surface area contributed by atoms with Crippen LogP contribution in [0.4, 0.5) is 5.69 Å². The van der Waals surface area contributed by atoms with Crippen LogP contribution in [0.25, 0.3) is 0 Å². The van der Waals surface area contributed by atoms with Gasteiger partial charge in [-0.15, -0.1) is 0 Å². The quantitative estimate of drug-likeness (QED) is 0.561. The van der Waals surface area contributed by atoms with Gasteiger partial charge in [-0.3, -0.25) is 4.79 Å². The van der Waals surface area contributed by atoms with Crippen molar-refractivity contribution >= 4 is 17.6 Å². The van der Waals surface area contributed by atoms with Gasteiger partial charge in [0.05, 0.1) is 24.4 Å². The van der Waals surface area contributed by atoms with E-state index >= 15 is 0 Å². The number of hydrogen-bond acceptors (Lipinski definition) is 5. The summed E-state index contributed by atoms with van der Waals surface area (Å²) in [6, 6.07) is 18.3. The molecular weight excluding hydrogens is 368 g/mol. The van der Waals surface area contributed by atoms with Gasteiger partial charge in [-0.2, -0.15) is 0 Å². The summed E-state index contributed by atoms with van der Waals surface area (Å²) in [6.45, 7) is 3.98. The number of furan rings is 1. The van der Waals surface area contributed by atoms with Crippen LogP contribution in [0.15, 0.2) is 71.3 Å². The van der Waals surface area contributed by atoms with Gasteiger partial charge >= 0.3 is 5.97 Å². The van der Waals surface area contributed by atoms with Gasteiger partial charge in [0.25, 0.3) is 5.91 Å². The molecule has 1 unspecified atom stereocenters. The van der Waals surface area contributed by atoms with Crippen molar-refractivity contribution in [2.75, 3.05) is 11.9 Å². The molecule has 1 amide bonds. The van der Waals surface area contributed by atoms with Gasteiger partial charge in [-0.1, -0.05) is 36.4 Å². The summed E-state index contributed by atoms with van der Waals surface area (Å²) < 4.78 is 10.5. The van der Waals surface area contributed by atoms with Crippen LogP contribution in [0.3, 0.4) is 0 Å². The Hall–Kier alpha value is -3.54. The van der Waals surface area contributed by atoms with Crippen molar-refractivity contribution in [1.82, 2.24) is 5.32 Å². The number of hydrogen-bond donors (Lipinski definition) is 2. The number of rotatable bonds is 8. The van der Waals surface area contributed by atoms with E-state index in [1.165, 1.54) is 0 Å². The van der Waals surface area contributed by atoms with Crippen molar-refractivity contribution in [2.45, 2.75) is 26.4 Å². The largest absolute Gasteiger partial charge is 0.467 e. The Morgan fingerprint density at radius 1 is 1.03 bits per heavy atom. The van der Waals surface area contributed by atoms with E-state index in [9.17, 15) is 9.59 Å². The molecule has 0 saturated heterocycles. The van der Waals surface area contributed by atoms with Gasteiger partial charge in [-0.25, -0.2) is 4.79 Å². The van der Waals surface area contributed by atoms with Crippen LogP contribution in [0.2, 0.25) is 0 Å². The van der Waals surface area contributed by atoms with Gasteiger partial charge in [0.1, 0.15) is 5.76 Å². The van der Waals surface area contributed by atoms with E-state index in [0.29, 0.717) is 17.8 Å². The van der Waals surface area contributed by atoms with Crippen molar-refractivity contribution in [1.29, 1.82) is 0 Å². The first-order valence-corrected chi connectivity index (χ1v) is 9.42. The Morgan fingerprint density at radius 2 is 1.79 bits per heavy atom. The Morgan fingerprint density at radius 3 is 2.55 bits per heavy atom. The average molecular weight is 392 g/mol. The summed E-state index contributed by atoms with van der Waals surface area (Å²) in [6.07, 6.45) is 1.59. The molecule has 0 fully saturated rings. The topological polar surface area (TPSA) is 80.6 Å². The molecule has 150 valence electrons. The summed E-state index contributed by atoms with van der Waals surface area (Å²) in [4.78, 5) is 24.7. The molecule has 29 heavy (non-hydrogen) atoms. The van der Waals surface area contributed by atoms with Crippen LogP contribution < -0.4 is 10.6 Å². The lowest BCUT2D eigenvalue weighted by atomic mass is 10.0. The van der Waals surface area contributed by atoms with E-state index in [1.807, 2.05) is 50.2 Å². The van der Waals surface area contributed by atoms with Crippen LogP contribution in [-0.4, -0.2) is 18.5 Å². The first-order chi connectivity index (χ1) is 14.0. The highest BCUT2D eigenvalue weighted by Gasteiger charge is 2.16. The zero-order valence-electron chi connectivity index (χ0n) is 16.5. The molecule has 0 bridgehead atoms. The number of nitrogens with one attached hydrogen (secondary N) is 2. The number of carbonyl (C=O) groups excluding carboxylic acids is 2. The maximum Gasteiger partial charge on any atom is 0.340 e. The molecular formula is C23H24N2O4. The second-order valence-electron chi connectivity index (χ2n) is 6.70. The maximum atomic E-state index is 12.5. The molecule has 0 spiro atoms. The molecule has 2 aromatic carbocycles. The minimum atomic E-state index is -0.564. The summed E-state index contributed by atoms with van der Waals surface area (Å²) in [5.74, 6) is -0.167. The number of ether oxygens (including phenoxy) is 1. The van der Waals surface area contributed by atoms with Crippen LogP contribution >= 0.6 is 0 Å². The molecule has 1 atom stereocenters. The summed E-state index contributed by atoms with van der Waals surface area (Å²) in [7, 11) is 0. The first-order valence-electron chi connectivity index (χ1n) is 9.42. The SMILES string of the molecule is Cc1ccccc1C(C)NC(=O)COC(=O)c1ccccc1NCc1ccco1. The van der Waals surface area contributed by atoms with Gasteiger partial charge in [0.2, 0.25) is 0 Å². The molecule has 1 aromatic heterocycles. The zero-order valence-corrected chi connectivity index (χ0v) is 16.5. The van der Waals surface area contributed by atoms with E-state index < -0.39 is 5.97 Å². The molecule has 2 N–H and O–H groups in total. The summed E-state index contributed by atoms with van der Waals surface area (Å²) >= 11 is 0. The zero-order chi connectivity index (χ0) is 20.6. The lowest BCUT2D eigenvalue weighted by Crippen LogP contribution is -2.31. The number of para-hydroxylation sites is 1. The van der Waals surface area contributed by atoms with Crippen molar-refractivity contribution in [3.8, 4) is 0 Å². The Bertz CT molecular complexity index is 967. The lowest BCUT2D eigenvalue weighted by Gasteiger charge is -2.17. The lowest BCUT2D eigenvalue weighted by molar-refractivity contribution is -0.124. The van der Waals surface area contributed by atoms with E-state index in [1.54, 1.807) is 30.5 Å². The monoisotopic (exact) mass is 392 g/mol. The molecule has 6 nitrogen and oxygen atoms in total. The third-order valence-electron chi connectivity index (χ3n) is 4.55. The molecule has 3 rings (SSSR count). The van der Waals surface area contributed by atoms with Crippen molar-refractivity contribution in [3.63, 3.8) is 0 Å². The number of amides is 1. The second-order valence-corrected chi connectivity index (χ2v) is 6.70. The Balaban J connectivity index is 1.55. The van der Waals surface area contributed by atoms with Crippen LogP contribution in [0.5, 0.6) is 0 Å². The highest BCUT2D eigenvalue weighted by molar-refractivity contribution is 5.96. The molecule has 0 aliphatic rings. The second kappa shape index (κ2) is 9.59. The third-order valence-corrected chi connectivity index (χ3v) is 4.55. The fourth-order valence-corrected chi connectivity index (χ4v) is 3.05. The normalized spacial score (nSPS) is 11.5. The fraction of sp³-hybridized carbons (Fsp3) is 0.217. The number of benzene rings is 2. The molecule has 1 heterocycles. The van der Waals surface area contributed by atoms with Gasteiger partial charge < -0.3 is 19.8 Å². The molecule has 3 aromatic rings. The smallest absolute Gasteiger partial charge is 0.340 e. The Kier molecular flexibility index (Phi) is 6.68. The van der Waals surface area contributed by atoms with Crippen LogP contribution in [-0.2, 0) is 16.1 Å². The highest BCUT2D eigenvalue weighted by atomic mass is 16.5. The standard InChI is InChI=1S/C23H24N2O4/c1-16-8-3-4-10-19(16)17(2)25-22(26)15-29-23(27)20-11-5-6-12-21(20)24-14-18-9-7-13-28-18/h3-13,17,24H,14-15H2,1-2H3,(H,25,26). The van der Waals surface area contributed by atoms with E-state index in [4.69, 9.17) is 9.15 Å². The van der Waals surface area contributed by atoms with Gasteiger partial charge in [-0.05, 0) is 49.2 Å². The van der Waals surface area contributed by atoms with Gasteiger partial charge in [0.15, 0.2) is 6.61 Å². The predicted octanol–water partition coefficient (Wildman–Crippen LogP) is 4.23. The average Bonchev–Trinajstić information content (AvgIpc) is 3.24. The molecule has 0 radical (unpaired) electrons. The molecule has 0 aliphatic heterocycles. The minimum absolute atomic E-state index is 0.176. The van der Waals surface area contributed by atoms with E-state index in [0.717, 1.165) is 16.9 Å². The first kappa shape index (κ1) is 20.2. The molecule has 0 saturated carbocycles. The number of carbonyl (C=O) groups is 2. The van der Waals surface area contributed by atoms with E-state index in [2.05, 4.69) is 10.6 Å². The van der Waals surface area contributed by atoms with Crippen LogP contribution in [0, 0.1) is 6.92 Å². The molecule has 0 aliphatic carbocycles. The summed E-state index contributed by atoms with van der Waals surface area (Å²) in [5, 5.41) is 6.01. The highest BCUT2D eigenvalue weighted by Crippen LogP contribution is 2.18. The Labute approximate surface area is 169 Å². The van der Waals surface area contributed by atoms with E-state index in [-0.39, 0.29) is 18.6 Å². The number of esters is 1. The maximum absolute atomic E-state index is 12.5. The van der Waals surface area contributed by atoms with Crippen molar-refractivity contribution in [2.24, 2.45) is 0 Å². The fourth-order valence-electron chi connectivity index (χ4n) is 3.05. The number of anilines is 1. The van der Waals surface area contributed by atoms with Crippen molar-refractivity contribution in [3.05, 3.63) is 89.4 Å². The van der Waals surface area contributed by atoms with Gasteiger partial charge in [0, 0.05) is 5.69 Å². The predicted molar refractivity (Wildman–Crippen MR) is 110 cm³/mol. The third kappa shape index (κ3) is 5.48. The number of aryl methyl sites for hydroxylation is 1. The molecule has 6 heteroatoms.